The number of hydrogen-bond donors (Lipinski definition) is 1. The summed E-state index contributed by atoms with van der Waals surface area (Å²) in [7, 11) is 1.84. The summed E-state index contributed by atoms with van der Waals surface area (Å²) in [6.45, 7) is 4.38. The van der Waals surface area contributed by atoms with Crippen LogP contribution in [0.1, 0.15) is 29.9 Å². The predicted molar refractivity (Wildman–Crippen MR) is 69.1 cm³/mol. The van der Waals surface area contributed by atoms with E-state index in [-0.39, 0.29) is 6.04 Å². The molecule has 1 aromatic carbocycles. The number of rotatable bonds is 4. The van der Waals surface area contributed by atoms with Crippen LogP contribution in [0.3, 0.4) is 0 Å². The van der Waals surface area contributed by atoms with E-state index in [1.807, 2.05) is 33.0 Å². The SMILES string of the molecule is Cc1ccc(OCc2ncnn2C)c([C@H](C)N)c1. The lowest BCUT2D eigenvalue weighted by atomic mass is 10.1. The highest BCUT2D eigenvalue weighted by molar-refractivity contribution is 5.38. The van der Waals surface area contributed by atoms with E-state index >= 15 is 0 Å². The Labute approximate surface area is 107 Å². The molecule has 0 aliphatic heterocycles. The molecule has 2 rings (SSSR count). The van der Waals surface area contributed by atoms with Crippen molar-refractivity contribution in [1.82, 2.24) is 14.8 Å². The molecule has 0 saturated carbocycles. The molecule has 18 heavy (non-hydrogen) atoms. The van der Waals surface area contributed by atoms with Crippen molar-refractivity contribution in [2.75, 3.05) is 0 Å². The van der Waals surface area contributed by atoms with Crippen molar-refractivity contribution in [2.24, 2.45) is 12.8 Å². The molecule has 0 fully saturated rings. The van der Waals surface area contributed by atoms with Crippen LogP contribution in [0.2, 0.25) is 0 Å². The van der Waals surface area contributed by atoms with E-state index in [1.54, 1.807) is 4.68 Å². The fourth-order valence-electron chi connectivity index (χ4n) is 1.75. The monoisotopic (exact) mass is 246 g/mol. The van der Waals surface area contributed by atoms with E-state index in [4.69, 9.17) is 10.5 Å². The van der Waals surface area contributed by atoms with Gasteiger partial charge in [-0.05, 0) is 19.9 Å². The maximum atomic E-state index is 5.95. The largest absolute Gasteiger partial charge is 0.485 e. The van der Waals surface area contributed by atoms with Gasteiger partial charge >= 0.3 is 0 Å². The van der Waals surface area contributed by atoms with Gasteiger partial charge in [-0.3, -0.25) is 4.68 Å². The Kier molecular flexibility index (Phi) is 3.62. The van der Waals surface area contributed by atoms with Gasteiger partial charge in [-0.1, -0.05) is 17.7 Å². The molecule has 0 amide bonds. The Morgan fingerprint density at radius 2 is 2.22 bits per heavy atom. The van der Waals surface area contributed by atoms with Gasteiger partial charge in [0, 0.05) is 18.7 Å². The second-order valence-electron chi connectivity index (χ2n) is 4.42. The fourth-order valence-corrected chi connectivity index (χ4v) is 1.75. The highest BCUT2D eigenvalue weighted by Gasteiger charge is 2.09. The molecule has 0 bridgehead atoms. The molecule has 5 nitrogen and oxygen atoms in total. The van der Waals surface area contributed by atoms with Gasteiger partial charge in [-0.25, -0.2) is 4.98 Å². The Balaban J connectivity index is 2.16. The van der Waals surface area contributed by atoms with Gasteiger partial charge in [0.2, 0.25) is 0 Å². The van der Waals surface area contributed by atoms with Crippen molar-refractivity contribution in [3.63, 3.8) is 0 Å². The number of nitrogens with zero attached hydrogens (tertiary/aromatic N) is 3. The van der Waals surface area contributed by atoms with Crippen molar-refractivity contribution in [3.05, 3.63) is 41.5 Å². The predicted octanol–water partition coefficient (Wildman–Crippen LogP) is 1.72. The number of aromatic nitrogens is 3. The lowest BCUT2D eigenvalue weighted by Gasteiger charge is -2.14. The number of aryl methyl sites for hydroxylation is 2. The Morgan fingerprint density at radius 1 is 1.44 bits per heavy atom. The molecule has 0 unspecified atom stereocenters. The van der Waals surface area contributed by atoms with Gasteiger partial charge in [0.05, 0.1) is 0 Å². The average Bonchev–Trinajstić information content (AvgIpc) is 2.73. The maximum absolute atomic E-state index is 5.95. The fraction of sp³-hybridized carbons (Fsp3) is 0.385. The van der Waals surface area contributed by atoms with Crippen molar-refractivity contribution >= 4 is 0 Å². The number of benzene rings is 1. The Morgan fingerprint density at radius 3 is 2.83 bits per heavy atom. The van der Waals surface area contributed by atoms with Crippen LogP contribution in [0, 0.1) is 6.92 Å². The van der Waals surface area contributed by atoms with E-state index < -0.39 is 0 Å². The van der Waals surface area contributed by atoms with E-state index in [0.29, 0.717) is 6.61 Å². The molecular weight excluding hydrogens is 228 g/mol. The van der Waals surface area contributed by atoms with Crippen molar-refractivity contribution < 1.29 is 4.74 Å². The molecule has 0 spiro atoms. The molecule has 96 valence electrons. The molecule has 1 aromatic heterocycles. The van der Waals surface area contributed by atoms with Crippen LogP contribution < -0.4 is 10.5 Å². The molecule has 0 aliphatic carbocycles. The molecule has 1 atom stereocenters. The van der Waals surface area contributed by atoms with E-state index in [9.17, 15) is 0 Å². The highest BCUT2D eigenvalue weighted by Crippen LogP contribution is 2.25. The number of ether oxygens (including phenoxy) is 1. The smallest absolute Gasteiger partial charge is 0.164 e. The second-order valence-corrected chi connectivity index (χ2v) is 4.42. The number of hydrogen-bond acceptors (Lipinski definition) is 4. The van der Waals surface area contributed by atoms with E-state index in [2.05, 4.69) is 16.1 Å². The standard InChI is InChI=1S/C13H18N4O/c1-9-4-5-12(11(6-9)10(2)14)18-7-13-15-8-16-17(13)3/h4-6,8,10H,7,14H2,1-3H3/t10-/m0/s1. The third-order valence-electron chi connectivity index (χ3n) is 2.82. The van der Waals surface area contributed by atoms with Crippen molar-refractivity contribution in [3.8, 4) is 5.75 Å². The molecule has 2 aromatic rings. The maximum Gasteiger partial charge on any atom is 0.164 e. The van der Waals surface area contributed by atoms with E-state index in [0.717, 1.165) is 17.1 Å². The van der Waals surface area contributed by atoms with Crippen LogP contribution in [0.4, 0.5) is 0 Å². The van der Waals surface area contributed by atoms with Crippen molar-refractivity contribution in [2.45, 2.75) is 26.5 Å². The molecule has 1 heterocycles. The summed E-state index contributed by atoms with van der Waals surface area (Å²) < 4.78 is 7.47. The zero-order valence-corrected chi connectivity index (χ0v) is 10.9. The summed E-state index contributed by atoms with van der Waals surface area (Å²) in [5, 5.41) is 4.00. The van der Waals surface area contributed by atoms with E-state index in [1.165, 1.54) is 11.9 Å². The van der Waals surface area contributed by atoms with Gasteiger partial charge in [-0.15, -0.1) is 0 Å². The first-order valence-electron chi connectivity index (χ1n) is 5.89. The minimum atomic E-state index is -0.0561. The van der Waals surface area contributed by atoms with Gasteiger partial charge in [-0.2, -0.15) is 5.10 Å². The molecule has 0 saturated heterocycles. The van der Waals surface area contributed by atoms with Crippen LogP contribution in [0.15, 0.2) is 24.5 Å². The van der Waals surface area contributed by atoms with Crippen molar-refractivity contribution in [1.29, 1.82) is 0 Å². The Hall–Kier alpha value is -1.88. The number of nitrogens with two attached hydrogens (primary N) is 1. The summed E-state index contributed by atoms with van der Waals surface area (Å²) in [4.78, 5) is 4.12. The van der Waals surface area contributed by atoms with Crippen LogP contribution in [-0.2, 0) is 13.7 Å². The molecule has 2 N–H and O–H groups in total. The van der Waals surface area contributed by atoms with Crippen LogP contribution in [0.5, 0.6) is 5.75 Å². The Bertz CT molecular complexity index is 534. The lowest BCUT2D eigenvalue weighted by Crippen LogP contribution is -2.10. The minimum absolute atomic E-state index is 0.0561. The first kappa shape index (κ1) is 12.6. The molecule has 0 aliphatic rings. The summed E-state index contributed by atoms with van der Waals surface area (Å²) in [6, 6.07) is 5.96. The summed E-state index contributed by atoms with van der Waals surface area (Å²) >= 11 is 0. The highest BCUT2D eigenvalue weighted by atomic mass is 16.5. The van der Waals surface area contributed by atoms with Gasteiger partial charge in [0.1, 0.15) is 18.7 Å². The van der Waals surface area contributed by atoms with Gasteiger partial charge in [0.15, 0.2) is 5.82 Å². The van der Waals surface area contributed by atoms with Crippen LogP contribution in [-0.4, -0.2) is 14.8 Å². The zero-order valence-electron chi connectivity index (χ0n) is 10.9. The van der Waals surface area contributed by atoms with Crippen LogP contribution in [0.25, 0.3) is 0 Å². The quantitative estimate of drug-likeness (QED) is 0.892. The first-order chi connectivity index (χ1) is 8.58. The topological polar surface area (TPSA) is 66.0 Å². The third-order valence-corrected chi connectivity index (χ3v) is 2.82. The molecule has 5 heteroatoms. The first-order valence-corrected chi connectivity index (χ1v) is 5.89. The summed E-state index contributed by atoms with van der Waals surface area (Å²) in [6.07, 6.45) is 1.51. The summed E-state index contributed by atoms with van der Waals surface area (Å²) in [5.74, 6) is 1.59. The molecular formula is C13H18N4O. The van der Waals surface area contributed by atoms with Gasteiger partial charge in [0.25, 0.3) is 0 Å². The minimum Gasteiger partial charge on any atom is -0.485 e. The summed E-state index contributed by atoms with van der Waals surface area (Å²) in [5.41, 5.74) is 8.13. The second kappa shape index (κ2) is 5.18. The van der Waals surface area contributed by atoms with Crippen LogP contribution >= 0.6 is 0 Å². The average molecular weight is 246 g/mol. The lowest BCUT2D eigenvalue weighted by molar-refractivity contribution is 0.285. The zero-order chi connectivity index (χ0) is 13.1. The van der Waals surface area contributed by atoms with Gasteiger partial charge < -0.3 is 10.5 Å². The third kappa shape index (κ3) is 2.68. The molecule has 0 radical (unpaired) electrons. The normalized spacial score (nSPS) is 12.4.